The molecular formula is C13H13ClF2N2O3. The molecule has 0 N–H and O–H groups in total. The van der Waals surface area contributed by atoms with Crippen LogP contribution in [0.25, 0.3) is 0 Å². The van der Waals surface area contributed by atoms with E-state index in [1.807, 2.05) is 0 Å². The fourth-order valence-corrected chi connectivity index (χ4v) is 2.63. The zero-order chi connectivity index (χ0) is 15.6. The van der Waals surface area contributed by atoms with Crippen LogP contribution in [0.2, 0.25) is 0 Å². The average molecular weight is 319 g/mol. The molecule has 0 bridgehead atoms. The molecule has 1 aromatic rings. The minimum absolute atomic E-state index is 0.302. The highest BCUT2D eigenvalue weighted by molar-refractivity contribution is 6.18. The van der Waals surface area contributed by atoms with Gasteiger partial charge in [0.15, 0.2) is 11.6 Å². The number of carbonyl (C=O) groups excluding carboxylic acids is 1. The van der Waals surface area contributed by atoms with Gasteiger partial charge in [-0.15, -0.1) is 11.6 Å². The molecule has 1 fully saturated rings. The Morgan fingerprint density at radius 3 is 2.43 bits per heavy atom. The number of hydrogen-bond donors (Lipinski definition) is 0. The van der Waals surface area contributed by atoms with Crippen molar-refractivity contribution in [1.82, 2.24) is 4.90 Å². The van der Waals surface area contributed by atoms with E-state index in [2.05, 4.69) is 0 Å². The van der Waals surface area contributed by atoms with Gasteiger partial charge in [0.2, 0.25) is 0 Å². The lowest BCUT2D eigenvalue weighted by atomic mass is 9.98. The summed E-state index contributed by atoms with van der Waals surface area (Å²) in [4.78, 5) is 23.7. The summed E-state index contributed by atoms with van der Waals surface area (Å²) < 4.78 is 26.4. The van der Waals surface area contributed by atoms with E-state index in [0.717, 1.165) is 0 Å². The highest BCUT2D eigenvalue weighted by Gasteiger charge is 2.29. The number of likely N-dealkylation sites (tertiary alicyclic amines) is 1. The summed E-state index contributed by atoms with van der Waals surface area (Å²) in [5.74, 6) is -2.49. The fourth-order valence-electron chi connectivity index (χ4n) is 2.32. The second kappa shape index (κ2) is 6.34. The first-order chi connectivity index (χ1) is 9.93. The third-order valence-corrected chi connectivity index (χ3v) is 4.02. The van der Waals surface area contributed by atoms with E-state index in [1.54, 1.807) is 0 Å². The molecule has 1 amide bonds. The Morgan fingerprint density at radius 1 is 1.33 bits per heavy atom. The molecule has 21 heavy (non-hydrogen) atoms. The van der Waals surface area contributed by atoms with Crippen molar-refractivity contribution in [2.24, 2.45) is 5.92 Å². The third-order valence-electron chi connectivity index (χ3n) is 3.59. The lowest BCUT2D eigenvalue weighted by molar-refractivity contribution is -0.385. The smallest absolute Gasteiger partial charge is 0.285 e. The maximum absolute atomic E-state index is 13.3. The second-order valence-corrected chi connectivity index (χ2v) is 5.24. The van der Waals surface area contributed by atoms with Crippen molar-refractivity contribution in [3.63, 3.8) is 0 Å². The highest BCUT2D eigenvalue weighted by atomic mass is 35.5. The van der Waals surface area contributed by atoms with Crippen LogP contribution in [0.15, 0.2) is 12.1 Å². The van der Waals surface area contributed by atoms with Gasteiger partial charge in [-0.2, -0.15) is 0 Å². The summed E-state index contributed by atoms with van der Waals surface area (Å²) in [5.41, 5.74) is -1.15. The third kappa shape index (κ3) is 3.29. The van der Waals surface area contributed by atoms with Gasteiger partial charge in [0.25, 0.3) is 11.6 Å². The standard InChI is InChI=1S/C13H13ClF2N2O3/c14-7-8-1-3-17(4-2-8)13(19)9-5-10(15)11(16)6-12(9)18(20)21/h5-6,8H,1-4,7H2. The molecule has 1 heterocycles. The van der Waals surface area contributed by atoms with E-state index < -0.39 is 33.7 Å². The van der Waals surface area contributed by atoms with Crippen LogP contribution < -0.4 is 0 Å². The molecule has 1 saturated heterocycles. The van der Waals surface area contributed by atoms with Crippen LogP contribution in [-0.2, 0) is 0 Å². The minimum atomic E-state index is -1.35. The normalized spacial score (nSPS) is 16.0. The van der Waals surface area contributed by atoms with Gasteiger partial charge in [-0.05, 0) is 24.8 Å². The van der Waals surface area contributed by atoms with Crippen molar-refractivity contribution in [3.05, 3.63) is 39.4 Å². The monoisotopic (exact) mass is 318 g/mol. The van der Waals surface area contributed by atoms with Gasteiger partial charge in [-0.1, -0.05) is 0 Å². The van der Waals surface area contributed by atoms with Crippen LogP contribution in [0, 0.1) is 27.7 Å². The van der Waals surface area contributed by atoms with E-state index in [4.69, 9.17) is 11.6 Å². The predicted octanol–water partition coefficient (Wildman–Crippen LogP) is 2.96. The van der Waals surface area contributed by atoms with Gasteiger partial charge in [-0.3, -0.25) is 14.9 Å². The van der Waals surface area contributed by atoms with E-state index in [0.29, 0.717) is 49.9 Å². The Kier molecular flexibility index (Phi) is 4.72. The molecule has 0 saturated carbocycles. The van der Waals surface area contributed by atoms with Crippen molar-refractivity contribution < 1.29 is 18.5 Å². The number of piperidine rings is 1. The summed E-state index contributed by atoms with van der Waals surface area (Å²) >= 11 is 5.75. The van der Waals surface area contributed by atoms with Crippen molar-refractivity contribution in [1.29, 1.82) is 0 Å². The number of benzene rings is 1. The minimum Gasteiger partial charge on any atom is -0.338 e. The molecule has 2 rings (SSSR count). The summed E-state index contributed by atoms with van der Waals surface area (Å²) in [5, 5.41) is 10.9. The van der Waals surface area contributed by atoms with Crippen LogP contribution in [0.3, 0.4) is 0 Å². The fraction of sp³-hybridized carbons (Fsp3) is 0.462. The number of nitrogens with zero attached hydrogens (tertiary/aromatic N) is 2. The summed E-state index contributed by atoms with van der Waals surface area (Å²) in [6, 6.07) is 1.03. The Hall–Kier alpha value is -1.76. The molecule has 0 radical (unpaired) electrons. The van der Waals surface area contributed by atoms with Crippen molar-refractivity contribution in [3.8, 4) is 0 Å². The second-order valence-electron chi connectivity index (χ2n) is 4.93. The largest absolute Gasteiger partial charge is 0.338 e. The van der Waals surface area contributed by atoms with Crippen LogP contribution in [-0.4, -0.2) is 34.7 Å². The molecule has 1 aliphatic rings. The van der Waals surface area contributed by atoms with Gasteiger partial charge < -0.3 is 4.90 Å². The molecule has 8 heteroatoms. The average Bonchev–Trinajstić information content (AvgIpc) is 2.48. The molecule has 0 atom stereocenters. The predicted molar refractivity (Wildman–Crippen MR) is 72.4 cm³/mol. The Bertz CT molecular complexity index is 575. The molecule has 5 nitrogen and oxygen atoms in total. The van der Waals surface area contributed by atoms with E-state index >= 15 is 0 Å². The zero-order valence-corrected chi connectivity index (χ0v) is 11.8. The number of amides is 1. The van der Waals surface area contributed by atoms with Crippen LogP contribution in [0.5, 0.6) is 0 Å². The maximum atomic E-state index is 13.3. The van der Waals surface area contributed by atoms with E-state index in [9.17, 15) is 23.7 Å². The molecule has 0 unspecified atom stereocenters. The summed E-state index contributed by atoms with van der Waals surface area (Å²) in [7, 11) is 0. The molecule has 1 aromatic carbocycles. The van der Waals surface area contributed by atoms with Gasteiger partial charge in [0, 0.05) is 19.0 Å². The molecule has 114 valence electrons. The molecule has 1 aliphatic heterocycles. The van der Waals surface area contributed by atoms with Crippen LogP contribution >= 0.6 is 11.6 Å². The Labute approximate surface area is 124 Å². The number of nitro groups is 1. The Balaban J connectivity index is 2.27. The summed E-state index contributed by atoms with van der Waals surface area (Å²) in [6.45, 7) is 0.790. The number of alkyl halides is 1. The number of carbonyl (C=O) groups is 1. The number of rotatable bonds is 3. The maximum Gasteiger partial charge on any atom is 0.285 e. The first-order valence-corrected chi connectivity index (χ1v) is 6.96. The van der Waals surface area contributed by atoms with Crippen molar-refractivity contribution in [2.45, 2.75) is 12.8 Å². The quantitative estimate of drug-likeness (QED) is 0.489. The van der Waals surface area contributed by atoms with Gasteiger partial charge in [0.1, 0.15) is 5.56 Å². The topological polar surface area (TPSA) is 63.4 Å². The number of hydrogen-bond acceptors (Lipinski definition) is 3. The first kappa shape index (κ1) is 15.6. The van der Waals surface area contributed by atoms with Gasteiger partial charge in [-0.25, -0.2) is 8.78 Å². The van der Waals surface area contributed by atoms with E-state index in [-0.39, 0.29) is 0 Å². The van der Waals surface area contributed by atoms with Crippen molar-refractivity contribution in [2.75, 3.05) is 19.0 Å². The SMILES string of the molecule is O=C(c1cc(F)c(F)cc1[N+](=O)[O-])N1CCC(CCl)CC1. The number of nitro benzene ring substituents is 1. The highest BCUT2D eigenvalue weighted by Crippen LogP contribution is 2.26. The summed E-state index contributed by atoms with van der Waals surface area (Å²) in [6.07, 6.45) is 1.37. The van der Waals surface area contributed by atoms with Crippen LogP contribution in [0.1, 0.15) is 23.2 Å². The van der Waals surface area contributed by atoms with Crippen LogP contribution in [0.4, 0.5) is 14.5 Å². The molecule has 0 spiro atoms. The van der Waals surface area contributed by atoms with Crippen molar-refractivity contribution >= 4 is 23.2 Å². The van der Waals surface area contributed by atoms with Gasteiger partial charge >= 0.3 is 0 Å². The molecule has 0 aliphatic carbocycles. The number of halogens is 3. The van der Waals surface area contributed by atoms with Gasteiger partial charge in [0.05, 0.1) is 11.0 Å². The lowest BCUT2D eigenvalue weighted by Gasteiger charge is -2.31. The molecular weight excluding hydrogens is 306 g/mol. The zero-order valence-electron chi connectivity index (χ0n) is 11.0. The lowest BCUT2D eigenvalue weighted by Crippen LogP contribution is -2.39. The first-order valence-electron chi connectivity index (χ1n) is 6.42. The Morgan fingerprint density at radius 2 is 1.90 bits per heavy atom. The molecule has 0 aromatic heterocycles. The van der Waals surface area contributed by atoms with E-state index in [1.165, 1.54) is 4.90 Å².